The highest BCUT2D eigenvalue weighted by Crippen LogP contribution is 2.42. The van der Waals surface area contributed by atoms with Crippen molar-refractivity contribution in [2.24, 2.45) is 0 Å². The van der Waals surface area contributed by atoms with Crippen LogP contribution in [0.4, 0.5) is 11.4 Å². The van der Waals surface area contributed by atoms with Crippen molar-refractivity contribution in [3.63, 3.8) is 0 Å². The van der Waals surface area contributed by atoms with E-state index in [1.807, 2.05) is 55.5 Å². The van der Waals surface area contributed by atoms with Crippen molar-refractivity contribution in [3.8, 4) is 6.07 Å². The van der Waals surface area contributed by atoms with Crippen LogP contribution < -0.4 is 10.2 Å². The fraction of sp³-hybridized carbons (Fsp3) is 0.115. The molecule has 0 saturated carbocycles. The Morgan fingerprint density at radius 1 is 1.06 bits per heavy atom. The molecule has 5 nitrogen and oxygen atoms in total. The van der Waals surface area contributed by atoms with Crippen molar-refractivity contribution in [3.05, 3.63) is 106 Å². The second-order valence-electron chi connectivity index (χ2n) is 7.53. The molecule has 1 aliphatic heterocycles. The van der Waals surface area contributed by atoms with Crippen molar-refractivity contribution in [2.45, 2.75) is 18.6 Å². The van der Waals surface area contributed by atoms with Crippen molar-refractivity contribution >= 4 is 46.6 Å². The van der Waals surface area contributed by atoms with E-state index < -0.39 is 11.2 Å². The van der Waals surface area contributed by atoms with Gasteiger partial charge in [0.1, 0.15) is 16.7 Å². The highest BCUT2D eigenvalue weighted by molar-refractivity contribution is 8.05. The second kappa shape index (κ2) is 9.95. The monoisotopic (exact) mass is 473 g/mol. The largest absolute Gasteiger partial charge is 0.320 e. The van der Waals surface area contributed by atoms with Gasteiger partial charge in [-0.15, -0.1) is 0 Å². The zero-order valence-electron chi connectivity index (χ0n) is 17.8. The minimum Gasteiger partial charge on any atom is -0.320 e. The van der Waals surface area contributed by atoms with E-state index >= 15 is 0 Å². The van der Waals surface area contributed by atoms with Crippen molar-refractivity contribution in [2.75, 3.05) is 10.2 Å². The highest BCUT2D eigenvalue weighted by atomic mass is 35.5. The summed E-state index contributed by atoms with van der Waals surface area (Å²) in [5.74, 6) is -0.780. The van der Waals surface area contributed by atoms with E-state index in [2.05, 4.69) is 5.32 Å². The summed E-state index contributed by atoms with van der Waals surface area (Å²) < 4.78 is 0. The molecule has 1 fully saturated rings. The first-order valence-corrected chi connectivity index (χ1v) is 11.5. The van der Waals surface area contributed by atoms with E-state index in [4.69, 9.17) is 11.6 Å². The molecule has 1 heterocycles. The molecule has 1 aliphatic rings. The molecule has 1 atom stereocenters. The molecule has 0 spiro atoms. The maximum atomic E-state index is 13.5. The first kappa shape index (κ1) is 22.7. The molecule has 164 valence electrons. The summed E-state index contributed by atoms with van der Waals surface area (Å²) in [6, 6.07) is 25.8. The number of thioether (sulfide) groups is 1. The average Bonchev–Trinajstić information content (AvgIpc) is 3.13. The van der Waals surface area contributed by atoms with Gasteiger partial charge in [0.2, 0.25) is 5.91 Å². The molecule has 1 N–H and O–H groups in total. The number of carbonyl (C=O) groups is 2. The summed E-state index contributed by atoms with van der Waals surface area (Å²) in [6.45, 7) is 2.01. The molecule has 4 rings (SSSR count). The normalized spacial score (nSPS) is 16.9. The highest BCUT2D eigenvalue weighted by Gasteiger charge is 2.40. The number of anilines is 2. The number of hydrogen-bond donors (Lipinski definition) is 1. The van der Waals surface area contributed by atoms with Crippen LogP contribution in [-0.2, 0) is 16.0 Å². The van der Waals surface area contributed by atoms with Gasteiger partial charge in [0.15, 0.2) is 0 Å². The lowest BCUT2D eigenvalue weighted by molar-refractivity contribution is -0.117. The summed E-state index contributed by atoms with van der Waals surface area (Å²) in [7, 11) is 0. The van der Waals surface area contributed by atoms with Crippen LogP contribution in [0, 0.1) is 18.3 Å². The van der Waals surface area contributed by atoms with Gasteiger partial charge in [0, 0.05) is 5.69 Å². The van der Waals surface area contributed by atoms with E-state index in [1.54, 1.807) is 36.4 Å². The molecule has 3 aromatic rings. The maximum Gasteiger partial charge on any atom is 0.269 e. The van der Waals surface area contributed by atoms with Crippen LogP contribution in [0.15, 0.2) is 89.5 Å². The molecule has 33 heavy (non-hydrogen) atoms. The number of nitrogens with zero attached hydrogens (tertiary/aromatic N) is 2. The smallest absolute Gasteiger partial charge is 0.269 e. The Kier molecular flexibility index (Phi) is 6.83. The summed E-state index contributed by atoms with van der Waals surface area (Å²) in [6.07, 6.45) is 0.488. The van der Waals surface area contributed by atoms with Crippen molar-refractivity contribution < 1.29 is 9.59 Å². The Labute approximate surface area is 201 Å². The molecule has 0 aliphatic carbocycles. The number of rotatable bonds is 5. The van der Waals surface area contributed by atoms with E-state index in [1.165, 1.54) is 16.7 Å². The van der Waals surface area contributed by atoms with Gasteiger partial charge in [-0.25, -0.2) is 0 Å². The minimum atomic E-state index is -0.613. The van der Waals surface area contributed by atoms with Gasteiger partial charge in [-0.1, -0.05) is 83.5 Å². The van der Waals surface area contributed by atoms with Crippen LogP contribution in [0.5, 0.6) is 0 Å². The Bertz CT molecular complexity index is 1270. The topological polar surface area (TPSA) is 73.2 Å². The lowest BCUT2D eigenvalue weighted by Gasteiger charge is -2.18. The quantitative estimate of drug-likeness (QED) is 0.380. The maximum absolute atomic E-state index is 13.5. The summed E-state index contributed by atoms with van der Waals surface area (Å²) in [5.41, 5.74) is 3.02. The Morgan fingerprint density at radius 3 is 2.39 bits per heavy atom. The van der Waals surface area contributed by atoms with E-state index in [9.17, 15) is 14.9 Å². The van der Waals surface area contributed by atoms with Gasteiger partial charge in [0.05, 0.1) is 16.0 Å². The van der Waals surface area contributed by atoms with E-state index in [-0.39, 0.29) is 11.5 Å². The summed E-state index contributed by atoms with van der Waals surface area (Å²) in [5, 5.41) is 12.8. The van der Waals surface area contributed by atoms with Gasteiger partial charge in [-0.3, -0.25) is 14.5 Å². The third-order valence-electron chi connectivity index (χ3n) is 5.18. The predicted octanol–water partition coefficient (Wildman–Crippen LogP) is 5.71. The zero-order valence-corrected chi connectivity index (χ0v) is 19.4. The predicted molar refractivity (Wildman–Crippen MR) is 133 cm³/mol. The van der Waals surface area contributed by atoms with E-state index in [0.717, 1.165) is 11.1 Å². The van der Waals surface area contributed by atoms with Gasteiger partial charge < -0.3 is 5.32 Å². The van der Waals surface area contributed by atoms with Gasteiger partial charge >= 0.3 is 0 Å². The third kappa shape index (κ3) is 4.95. The van der Waals surface area contributed by atoms with Crippen LogP contribution >= 0.6 is 23.4 Å². The number of amides is 2. The molecular formula is C26H20ClN3O2S. The summed E-state index contributed by atoms with van der Waals surface area (Å²) in [4.78, 5) is 28.0. The van der Waals surface area contributed by atoms with Crippen LogP contribution in [0.2, 0.25) is 5.02 Å². The Hall–Kier alpha value is -3.53. The molecule has 1 unspecified atom stereocenters. The first-order valence-electron chi connectivity index (χ1n) is 10.3. The lowest BCUT2D eigenvalue weighted by atomic mass is 10.1. The van der Waals surface area contributed by atoms with Crippen LogP contribution in [0.25, 0.3) is 0 Å². The molecule has 0 radical (unpaired) electrons. The molecule has 0 bridgehead atoms. The number of benzene rings is 3. The van der Waals surface area contributed by atoms with E-state index in [0.29, 0.717) is 27.8 Å². The minimum absolute atomic E-state index is 0.136. The number of carbonyl (C=O) groups excluding carboxylic acids is 2. The SMILES string of the molecule is Cc1ccc(CC2SC(=C(C#N)C(=O)Nc3ccccc3Cl)N(c3ccccc3)C2=O)cc1. The second-order valence-corrected chi connectivity index (χ2v) is 9.13. The number of para-hydroxylation sites is 2. The zero-order chi connectivity index (χ0) is 23.4. The fourth-order valence-corrected chi connectivity index (χ4v) is 4.98. The molecular weight excluding hydrogens is 454 g/mol. The van der Waals surface area contributed by atoms with Crippen LogP contribution in [0.3, 0.4) is 0 Å². The molecule has 2 amide bonds. The number of halogens is 1. The first-order chi connectivity index (χ1) is 16.0. The van der Waals surface area contributed by atoms with Gasteiger partial charge in [-0.05, 0) is 43.2 Å². The number of aryl methyl sites for hydroxylation is 1. The number of nitriles is 1. The average molecular weight is 474 g/mol. The lowest BCUT2D eigenvalue weighted by Crippen LogP contribution is -2.30. The van der Waals surface area contributed by atoms with Crippen LogP contribution in [-0.4, -0.2) is 17.1 Å². The van der Waals surface area contributed by atoms with Crippen molar-refractivity contribution in [1.82, 2.24) is 0 Å². The number of nitrogens with one attached hydrogen (secondary N) is 1. The molecule has 1 saturated heterocycles. The molecule has 3 aromatic carbocycles. The van der Waals surface area contributed by atoms with Gasteiger partial charge in [-0.2, -0.15) is 5.26 Å². The van der Waals surface area contributed by atoms with Crippen LogP contribution in [0.1, 0.15) is 11.1 Å². The standard InChI is InChI=1S/C26H20ClN3O2S/c1-17-11-13-18(14-12-17)15-23-25(32)30(19-7-3-2-4-8-19)26(33-23)20(16-28)24(31)29-22-10-6-5-9-21(22)27/h2-14,23H,15H2,1H3,(H,29,31). The van der Waals surface area contributed by atoms with Crippen molar-refractivity contribution in [1.29, 1.82) is 5.26 Å². The molecule has 0 aromatic heterocycles. The molecule has 7 heteroatoms. The van der Waals surface area contributed by atoms with Gasteiger partial charge in [0.25, 0.3) is 5.91 Å². The third-order valence-corrected chi connectivity index (χ3v) is 6.78. The Balaban J connectivity index is 1.72. The fourth-order valence-electron chi connectivity index (χ4n) is 3.48. The summed E-state index contributed by atoms with van der Waals surface area (Å²) >= 11 is 7.40. The number of hydrogen-bond acceptors (Lipinski definition) is 4. The Morgan fingerprint density at radius 2 is 1.73 bits per heavy atom.